The standard InChI is InChI=1S/C5H4F5NO2/c6-4(7,8)5(9,10)13-2-1-11-3-12/h1-2H2. The number of halogens is 5. The zero-order valence-electron chi connectivity index (χ0n) is 6.07. The largest absolute Gasteiger partial charge is 0.482 e. The number of carbonyl (C=O) groups excluding carboxylic acids is 1. The summed E-state index contributed by atoms with van der Waals surface area (Å²) in [4.78, 5) is 12.1. The molecule has 0 aromatic rings. The number of isocyanates is 1. The van der Waals surface area contributed by atoms with Crippen molar-refractivity contribution in [2.75, 3.05) is 13.2 Å². The van der Waals surface area contributed by atoms with E-state index in [9.17, 15) is 26.7 Å². The van der Waals surface area contributed by atoms with Crippen LogP contribution in [0, 0.1) is 0 Å². The molecule has 0 saturated heterocycles. The molecule has 0 aromatic heterocycles. The first-order valence-electron chi connectivity index (χ1n) is 2.93. The van der Waals surface area contributed by atoms with Gasteiger partial charge in [-0.25, -0.2) is 9.79 Å². The fourth-order valence-corrected chi connectivity index (χ4v) is 0.347. The first-order chi connectivity index (χ1) is 5.81. The minimum atomic E-state index is -5.75. The average Bonchev–Trinajstić information content (AvgIpc) is 1.96. The minimum absolute atomic E-state index is 0.588. The number of hydrogen-bond donors (Lipinski definition) is 0. The van der Waals surface area contributed by atoms with Crippen molar-refractivity contribution in [2.45, 2.75) is 12.3 Å². The first kappa shape index (κ1) is 12.0. The van der Waals surface area contributed by atoms with Crippen LogP contribution >= 0.6 is 0 Å². The molecule has 76 valence electrons. The first-order valence-corrected chi connectivity index (χ1v) is 2.93. The van der Waals surface area contributed by atoms with Gasteiger partial charge >= 0.3 is 12.3 Å². The smallest absolute Gasteiger partial charge is 0.311 e. The van der Waals surface area contributed by atoms with E-state index in [1.807, 2.05) is 0 Å². The van der Waals surface area contributed by atoms with Gasteiger partial charge in [0, 0.05) is 0 Å². The highest BCUT2D eigenvalue weighted by atomic mass is 19.4. The van der Waals surface area contributed by atoms with Gasteiger partial charge in [-0.1, -0.05) is 0 Å². The van der Waals surface area contributed by atoms with Crippen molar-refractivity contribution < 1.29 is 31.5 Å². The van der Waals surface area contributed by atoms with E-state index in [-0.39, 0.29) is 0 Å². The summed E-state index contributed by atoms with van der Waals surface area (Å²) in [6.07, 6.45) is -9.99. The zero-order valence-corrected chi connectivity index (χ0v) is 6.07. The van der Waals surface area contributed by atoms with Gasteiger partial charge in [-0.15, -0.1) is 0 Å². The van der Waals surface area contributed by atoms with Crippen LogP contribution in [0.25, 0.3) is 0 Å². The molecular formula is C5H4F5NO2. The summed E-state index contributed by atoms with van der Waals surface area (Å²) in [5, 5.41) is 0. The van der Waals surface area contributed by atoms with Crippen molar-refractivity contribution in [1.82, 2.24) is 0 Å². The molecule has 0 aliphatic rings. The van der Waals surface area contributed by atoms with Gasteiger partial charge in [0.2, 0.25) is 6.08 Å². The molecule has 0 aromatic carbocycles. The van der Waals surface area contributed by atoms with Gasteiger partial charge in [0.25, 0.3) is 0 Å². The predicted molar refractivity (Wildman–Crippen MR) is 29.9 cm³/mol. The minimum Gasteiger partial charge on any atom is -0.311 e. The van der Waals surface area contributed by atoms with E-state index >= 15 is 0 Å². The number of rotatable bonds is 4. The highest BCUT2D eigenvalue weighted by Crippen LogP contribution is 2.35. The molecule has 0 bridgehead atoms. The van der Waals surface area contributed by atoms with E-state index in [2.05, 4.69) is 9.73 Å². The normalized spacial score (nSPS) is 12.4. The molecule has 0 atom stereocenters. The van der Waals surface area contributed by atoms with E-state index in [4.69, 9.17) is 0 Å². The highest BCUT2D eigenvalue weighted by molar-refractivity contribution is 5.32. The summed E-state index contributed by atoms with van der Waals surface area (Å²) >= 11 is 0. The van der Waals surface area contributed by atoms with Gasteiger partial charge in [0.05, 0.1) is 13.2 Å². The van der Waals surface area contributed by atoms with Crippen molar-refractivity contribution in [3.05, 3.63) is 0 Å². The van der Waals surface area contributed by atoms with Crippen molar-refractivity contribution in [3.8, 4) is 0 Å². The molecule has 0 fully saturated rings. The van der Waals surface area contributed by atoms with Gasteiger partial charge in [0.15, 0.2) is 0 Å². The van der Waals surface area contributed by atoms with Crippen LogP contribution in [0.4, 0.5) is 22.0 Å². The van der Waals surface area contributed by atoms with E-state index in [1.165, 1.54) is 0 Å². The van der Waals surface area contributed by atoms with Crippen LogP contribution in [-0.2, 0) is 9.53 Å². The number of aliphatic imine (C=N–C) groups is 1. The Labute approximate surface area is 69.2 Å². The number of hydrogen-bond acceptors (Lipinski definition) is 3. The molecule has 3 nitrogen and oxygen atoms in total. The fourth-order valence-electron chi connectivity index (χ4n) is 0.347. The maximum atomic E-state index is 11.9. The van der Waals surface area contributed by atoms with E-state index in [1.54, 1.807) is 0 Å². The summed E-state index contributed by atoms with van der Waals surface area (Å²) in [5.41, 5.74) is 0. The van der Waals surface area contributed by atoms with Crippen molar-refractivity contribution in [2.24, 2.45) is 4.99 Å². The third-order valence-corrected chi connectivity index (χ3v) is 0.881. The number of ether oxygens (including phenoxy) is 1. The molecule has 0 unspecified atom stereocenters. The quantitative estimate of drug-likeness (QED) is 0.302. The molecule has 0 aliphatic heterocycles. The third kappa shape index (κ3) is 3.95. The molecule has 0 amide bonds. The van der Waals surface area contributed by atoms with Crippen LogP contribution < -0.4 is 0 Å². The molecule has 0 heterocycles. The molecule has 0 rings (SSSR count). The second-order valence-electron chi connectivity index (χ2n) is 1.84. The molecular weight excluding hydrogens is 201 g/mol. The lowest BCUT2D eigenvalue weighted by atomic mass is 10.6. The SMILES string of the molecule is O=C=NCCOC(F)(F)C(F)(F)F. The van der Waals surface area contributed by atoms with E-state index in [0.717, 1.165) is 6.08 Å². The number of nitrogens with zero attached hydrogens (tertiary/aromatic N) is 1. The van der Waals surface area contributed by atoms with Crippen LogP contribution in [-0.4, -0.2) is 31.5 Å². The summed E-state index contributed by atoms with van der Waals surface area (Å²) in [5.74, 6) is 0. The Morgan fingerprint density at radius 2 is 1.77 bits per heavy atom. The van der Waals surface area contributed by atoms with Crippen LogP contribution in [0.15, 0.2) is 4.99 Å². The van der Waals surface area contributed by atoms with E-state index < -0.39 is 25.4 Å². The zero-order chi connectivity index (χ0) is 10.5. The van der Waals surface area contributed by atoms with Gasteiger partial charge < -0.3 is 4.74 Å². The monoisotopic (exact) mass is 205 g/mol. The Morgan fingerprint density at radius 3 is 2.15 bits per heavy atom. The van der Waals surface area contributed by atoms with Gasteiger partial charge in [-0.3, -0.25) is 0 Å². The van der Waals surface area contributed by atoms with Crippen LogP contribution in [0.5, 0.6) is 0 Å². The molecule has 0 radical (unpaired) electrons. The lowest BCUT2D eigenvalue weighted by Gasteiger charge is -2.18. The van der Waals surface area contributed by atoms with Crippen molar-refractivity contribution >= 4 is 6.08 Å². The molecule has 8 heteroatoms. The maximum absolute atomic E-state index is 11.9. The Bertz CT molecular complexity index is 207. The Hall–Kier alpha value is -1.01. The highest BCUT2D eigenvalue weighted by Gasteiger charge is 2.59. The Balaban J connectivity index is 3.96. The fraction of sp³-hybridized carbons (Fsp3) is 0.800. The summed E-state index contributed by atoms with van der Waals surface area (Å²) < 4.78 is 61.0. The second-order valence-corrected chi connectivity index (χ2v) is 1.84. The second kappa shape index (κ2) is 4.29. The lowest BCUT2D eigenvalue weighted by molar-refractivity contribution is -0.390. The molecule has 13 heavy (non-hydrogen) atoms. The van der Waals surface area contributed by atoms with Crippen molar-refractivity contribution in [1.29, 1.82) is 0 Å². The molecule has 0 N–H and O–H groups in total. The maximum Gasteiger partial charge on any atom is 0.482 e. The van der Waals surface area contributed by atoms with Crippen LogP contribution in [0.1, 0.15) is 0 Å². The van der Waals surface area contributed by atoms with Crippen LogP contribution in [0.3, 0.4) is 0 Å². The lowest BCUT2D eigenvalue weighted by Crippen LogP contribution is -2.39. The van der Waals surface area contributed by atoms with E-state index in [0.29, 0.717) is 0 Å². The van der Waals surface area contributed by atoms with Gasteiger partial charge in [-0.05, 0) is 0 Å². The Kier molecular flexibility index (Phi) is 3.96. The van der Waals surface area contributed by atoms with Gasteiger partial charge in [-0.2, -0.15) is 22.0 Å². The van der Waals surface area contributed by atoms with Gasteiger partial charge in [0.1, 0.15) is 0 Å². The molecule has 0 saturated carbocycles. The average molecular weight is 205 g/mol. The molecule has 0 spiro atoms. The van der Waals surface area contributed by atoms with Crippen LogP contribution in [0.2, 0.25) is 0 Å². The summed E-state index contributed by atoms with van der Waals surface area (Å²) in [6.45, 7) is -1.59. The number of alkyl halides is 5. The topological polar surface area (TPSA) is 38.7 Å². The predicted octanol–water partition coefficient (Wildman–Crippen LogP) is 1.49. The third-order valence-electron chi connectivity index (χ3n) is 0.881. The molecule has 0 aliphatic carbocycles. The Morgan fingerprint density at radius 1 is 1.23 bits per heavy atom. The van der Waals surface area contributed by atoms with Crippen molar-refractivity contribution in [3.63, 3.8) is 0 Å². The summed E-state index contributed by atoms with van der Waals surface area (Å²) in [6, 6.07) is 0. The summed E-state index contributed by atoms with van der Waals surface area (Å²) in [7, 11) is 0.